The van der Waals surface area contributed by atoms with Gasteiger partial charge in [-0.05, 0) is 26.7 Å². The average molecular weight is 286 g/mol. The molecule has 1 saturated carbocycles. The number of aromatic amines is 1. The summed E-state index contributed by atoms with van der Waals surface area (Å²) in [5.41, 5.74) is 0.394. The maximum absolute atomic E-state index is 11.9. The molecule has 6 heteroatoms. The first kappa shape index (κ1) is 14.4. The van der Waals surface area contributed by atoms with Crippen molar-refractivity contribution in [1.29, 1.82) is 0 Å². The summed E-state index contributed by atoms with van der Waals surface area (Å²) in [6.07, 6.45) is 5.49. The number of H-pyrrole nitrogens is 1. The Morgan fingerprint density at radius 2 is 1.95 bits per heavy atom. The fraction of sp³-hybridized carbons (Fsp3) is 0.769. The number of rotatable bonds is 4. The average Bonchev–Trinajstić information content (AvgIpc) is 2.70. The minimum atomic E-state index is -3.17. The van der Waals surface area contributed by atoms with E-state index in [1.54, 1.807) is 18.5 Å². The van der Waals surface area contributed by atoms with E-state index in [0.29, 0.717) is 5.69 Å². The van der Waals surface area contributed by atoms with E-state index < -0.39 is 15.1 Å². The Labute approximate surface area is 113 Å². The summed E-state index contributed by atoms with van der Waals surface area (Å²) in [4.78, 5) is 11.9. The van der Waals surface area contributed by atoms with Crippen molar-refractivity contribution < 1.29 is 8.42 Å². The normalized spacial score (nSPS) is 18.1. The molecule has 1 N–H and O–H groups in total. The second kappa shape index (κ2) is 5.53. The van der Waals surface area contributed by atoms with Crippen LogP contribution in [0.4, 0.5) is 0 Å². The molecule has 1 aromatic heterocycles. The van der Waals surface area contributed by atoms with Crippen LogP contribution in [0, 0.1) is 0 Å². The van der Waals surface area contributed by atoms with Gasteiger partial charge in [0.15, 0.2) is 9.84 Å². The summed E-state index contributed by atoms with van der Waals surface area (Å²) >= 11 is 0. The van der Waals surface area contributed by atoms with Gasteiger partial charge in [0.05, 0.1) is 22.7 Å². The van der Waals surface area contributed by atoms with Crippen LogP contribution in [0.15, 0.2) is 10.9 Å². The standard InChI is InChI=1S/C13H22N2O3S/c1-10(2)19(17,18)9-11-8-13(16)15(14-11)12-6-4-3-5-7-12/h8,10,12,14H,3-7,9H2,1-2H3. The number of aromatic nitrogens is 2. The van der Waals surface area contributed by atoms with Crippen LogP contribution in [0.3, 0.4) is 0 Å². The summed E-state index contributed by atoms with van der Waals surface area (Å²) in [6, 6.07) is 1.63. The first-order chi connectivity index (χ1) is 8.90. The fourth-order valence-electron chi connectivity index (χ4n) is 2.53. The predicted molar refractivity (Wildman–Crippen MR) is 74.9 cm³/mol. The summed E-state index contributed by atoms with van der Waals surface area (Å²) in [5, 5.41) is 2.56. The molecule has 1 aliphatic carbocycles. The van der Waals surface area contributed by atoms with Crippen LogP contribution in [0.5, 0.6) is 0 Å². The van der Waals surface area contributed by atoms with Crippen LogP contribution in [0.1, 0.15) is 57.7 Å². The zero-order chi connectivity index (χ0) is 14.0. The number of hydrogen-bond acceptors (Lipinski definition) is 3. The Bertz CT molecular complexity index is 577. The van der Waals surface area contributed by atoms with Gasteiger partial charge >= 0.3 is 0 Å². The van der Waals surface area contributed by atoms with Crippen LogP contribution >= 0.6 is 0 Å². The van der Waals surface area contributed by atoms with Gasteiger partial charge in [-0.3, -0.25) is 9.89 Å². The predicted octanol–water partition coefficient (Wildman–Crippen LogP) is 2.00. The van der Waals surface area contributed by atoms with Gasteiger partial charge in [0.2, 0.25) is 0 Å². The highest BCUT2D eigenvalue weighted by atomic mass is 32.2. The maximum atomic E-state index is 11.9. The molecule has 0 spiro atoms. The molecule has 1 fully saturated rings. The largest absolute Gasteiger partial charge is 0.298 e. The van der Waals surface area contributed by atoms with Gasteiger partial charge in [0.1, 0.15) is 0 Å². The molecule has 108 valence electrons. The molecule has 0 unspecified atom stereocenters. The van der Waals surface area contributed by atoms with E-state index in [4.69, 9.17) is 0 Å². The third-order valence-electron chi connectivity index (χ3n) is 3.81. The Morgan fingerprint density at radius 1 is 1.32 bits per heavy atom. The third kappa shape index (κ3) is 3.29. The molecular formula is C13H22N2O3S. The first-order valence-corrected chi connectivity index (χ1v) is 8.63. The number of hydrogen-bond donors (Lipinski definition) is 1. The maximum Gasteiger partial charge on any atom is 0.267 e. The molecule has 0 saturated heterocycles. The molecule has 0 amide bonds. The van der Waals surface area contributed by atoms with E-state index in [2.05, 4.69) is 5.10 Å². The van der Waals surface area contributed by atoms with Crippen molar-refractivity contribution in [2.45, 2.75) is 63.0 Å². The van der Waals surface area contributed by atoms with E-state index in [0.717, 1.165) is 25.7 Å². The number of nitrogens with one attached hydrogen (secondary N) is 1. The molecule has 2 rings (SSSR count). The van der Waals surface area contributed by atoms with Gasteiger partial charge in [0, 0.05) is 6.07 Å². The molecule has 0 atom stereocenters. The zero-order valence-corrected chi connectivity index (χ0v) is 12.4. The summed E-state index contributed by atoms with van der Waals surface area (Å²) < 4.78 is 25.3. The van der Waals surface area contributed by atoms with Crippen LogP contribution in [0.25, 0.3) is 0 Å². The van der Waals surface area contributed by atoms with Crippen LogP contribution in [-0.2, 0) is 15.6 Å². The van der Waals surface area contributed by atoms with Crippen molar-refractivity contribution >= 4 is 9.84 Å². The molecule has 0 aromatic carbocycles. The summed E-state index contributed by atoms with van der Waals surface area (Å²) in [5.74, 6) is -0.0837. The lowest BCUT2D eigenvalue weighted by molar-refractivity contribution is 0.322. The Hall–Kier alpha value is -1.04. The zero-order valence-electron chi connectivity index (χ0n) is 11.6. The smallest absolute Gasteiger partial charge is 0.267 e. The minimum Gasteiger partial charge on any atom is -0.298 e. The Balaban J connectivity index is 2.19. The lowest BCUT2D eigenvalue weighted by Crippen LogP contribution is -2.24. The van der Waals surface area contributed by atoms with Crippen LogP contribution in [0.2, 0.25) is 0 Å². The molecule has 1 heterocycles. The highest BCUT2D eigenvalue weighted by Gasteiger charge is 2.21. The quantitative estimate of drug-likeness (QED) is 0.920. The second-order valence-electron chi connectivity index (χ2n) is 5.64. The van der Waals surface area contributed by atoms with Crippen LogP contribution in [-0.4, -0.2) is 23.4 Å². The van der Waals surface area contributed by atoms with E-state index in [9.17, 15) is 13.2 Å². The van der Waals surface area contributed by atoms with Crippen molar-refractivity contribution in [2.24, 2.45) is 0 Å². The molecule has 0 aliphatic heterocycles. The first-order valence-electron chi connectivity index (χ1n) is 6.92. The molecule has 0 radical (unpaired) electrons. The van der Waals surface area contributed by atoms with E-state index in [1.165, 1.54) is 12.5 Å². The molecule has 19 heavy (non-hydrogen) atoms. The highest BCUT2D eigenvalue weighted by molar-refractivity contribution is 7.91. The molecule has 1 aliphatic rings. The van der Waals surface area contributed by atoms with Gasteiger partial charge < -0.3 is 0 Å². The van der Waals surface area contributed by atoms with Gasteiger partial charge in [-0.25, -0.2) is 13.1 Å². The topological polar surface area (TPSA) is 71.9 Å². The fourth-order valence-corrected chi connectivity index (χ4v) is 3.44. The number of nitrogens with zero attached hydrogens (tertiary/aromatic N) is 1. The summed E-state index contributed by atoms with van der Waals surface area (Å²) in [7, 11) is -3.17. The Kier molecular flexibility index (Phi) is 4.18. The molecule has 1 aromatic rings. The molecule has 5 nitrogen and oxygen atoms in total. The van der Waals surface area contributed by atoms with E-state index >= 15 is 0 Å². The van der Waals surface area contributed by atoms with Gasteiger partial charge in [-0.2, -0.15) is 0 Å². The van der Waals surface area contributed by atoms with E-state index in [-0.39, 0.29) is 17.4 Å². The van der Waals surface area contributed by atoms with Crippen molar-refractivity contribution in [3.63, 3.8) is 0 Å². The number of sulfone groups is 1. The summed E-state index contributed by atoms with van der Waals surface area (Å²) in [6.45, 7) is 3.32. The van der Waals surface area contributed by atoms with Crippen molar-refractivity contribution in [1.82, 2.24) is 9.78 Å². The van der Waals surface area contributed by atoms with Gasteiger partial charge in [-0.15, -0.1) is 0 Å². The van der Waals surface area contributed by atoms with Crippen molar-refractivity contribution in [2.75, 3.05) is 0 Å². The monoisotopic (exact) mass is 286 g/mol. The lowest BCUT2D eigenvalue weighted by atomic mass is 9.96. The molecule has 0 bridgehead atoms. The lowest BCUT2D eigenvalue weighted by Gasteiger charge is -2.22. The molecular weight excluding hydrogens is 264 g/mol. The van der Waals surface area contributed by atoms with Crippen molar-refractivity contribution in [3.8, 4) is 0 Å². The third-order valence-corrected chi connectivity index (χ3v) is 5.96. The van der Waals surface area contributed by atoms with E-state index in [1.807, 2.05) is 0 Å². The SMILES string of the molecule is CC(C)S(=O)(=O)Cc1cc(=O)n(C2CCCCC2)[nH]1. The van der Waals surface area contributed by atoms with Crippen molar-refractivity contribution in [3.05, 3.63) is 22.1 Å². The highest BCUT2D eigenvalue weighted by Crippen LogP contribution is 2.26. The van der Waals surface area contributed by atoms with Crippen LogP contribution < -0.4 is 5.56 Å². The second-order valence-corrected chi connectivity index (χ2v) is 8.19. The van der Waals surface area contributed by atoms with Gasteiger partial charge in [0.25, 0.3) is 5.56 Å². The minimum absolute atomic E-state index is 0.0837. The Morgan fingerprint density at radius 3 is 2.53 bits per heavy atom. The van der Waals surface area contributed by atoms with Gasteiger partial charge in [-0.1, -0.05) is 19.3 Å².